The van der Waals surface area contributed by atoms with Crippen LogP contribution < -0.4 is 0 Å². The summed E-state index contributed by atoms with van der Waals surface area (Å²) in [5, 5.41) is 0. The van der Waals surface area contributed by atoms with Crippen molar-refractivity contribution in [2.45, 2.75) is 68.7 Å². The van der Waals surface area contributed by atoms with Crippen LogP contribution in [-0.4, -0.2) is 12.6 Å². The van der Waals surface area contributed by atoms with E-state index in [4.69, 9.17) is 4.74 Å². The third-order valence-electron chi connectivity index (χ3n) is 5.49. The lowest BCUT2D eigenvalue weighted by Crippen LogP contribution is -2.50. The van der Waals surface area contributed by atoms with E-state index in [0.29, 0.717) is 6.61 Å². The van der Waals surface area contributed by atoms with Crippen molar-refractivity contribution in [1.82, 2.24) is 0 Å². The van der Waals surface area contributed by atoms with E-state index in [1.165, 1.54) is 5.57 Å². The SMILES string of the molecule is CC=C(C)C(C)(C)C(C)(C)C(C)(C)C(=O)OCCC. The molecule has 0 aliphatic heterocycles. The van der Waals surface area contributed by atoms with Crippen molar-refractivity contribution in [3.05, 3.63) is 11.6 Å². The van der Waals surface area contributed by atoms with Gasteiger partial charge in [0, 0.05) is 0 Å². The van der Waals surface area contributed by atoms with E-state index in [0.717, 1.165) is 6.42 Å². The highest BCUT2D eigenvalue weighted by atomic mass is 16.5. The minimum Gasteiger partial charge on any atom is -0.465 e. The Morgan fingerprint density at radius 2 is 1.53 bits per heavy atom. The predicted octanol–water partition coefficient (Wildman–Crippen LogP) is 4.98. The van der Waals surface area contributed by atoms with Crippen molar-refractivity contribution in [2.75, 3.05) is 6.61 Å². The molecule has 0 aromatic heterocycles. The first-order valence-electron chi connectivity index (χ1n) is 7.27. The predicted molar refractivity (Wildman–Crippen MR) is 82.0 cm³/mol. The van der Waals surface area contributed by atoms with Crippen LogP contribution in [0.5, 0.6) is 0 Å². The number of esters is 1. The van der Waals surface area contributed by atoms with Gasteiger partial charge in [0.05, 0.1) is 12.0 Å². The molecule has 0 spiro atoms. The third kappa shape index (κ3) is 3.21. The van der Waals surface area contributed by atoms with Gasteiger partial charge in [-0.2, -0.15) is 0 Å². The van der Waals surface area contributed by atoms with E-state index in [2.05, 4.69) is 47.6 Å². The van der Waals surface area contributed by atoms with Crippen LogP contribution in [0.4, 0.5) is 0 Å². The van der Waals surface area contributed by atoms with Crippen LogP contribution in [-0.2, 0) is 9.53 Å². The molecule has 2 heteroatoms. The molecule has 0 aliphatic carbocycles. The monoisotopic (exact) mass is 268 g/mol. The molecule has 0 bridgehead atoms. The standard InChI is InChI=1S/C17H32O2/c1-10-12-19-14(18)16(6,7)17(8,9)15(4,5)13(3)11-2/h11H,10,12H2,1-9H3. The van der Waals surface area contributed by atoms with Crippen molar-refractivity contribution >= 4 is 5.97 Å². The fourth-order valence-electron chi connectivity index (χ4n) is 2.27. The van der Waals surface area contributed by atoms with E-state index in [1.807, 2.05) is 20.8 Å². The molecule has 0 saturated heterocycles. The maximum atomic E-state index is 12.4. The van der Waals surface area contributed by atoms with Crippen molar-refractivity contribution in [2.24, 2.45) is 16.2 Å². The van der Waals surface area contributed by atoms with E-state index >= 15 is 0 Å². The summed E-state index contributed by atoms with van der Waals surface area (Å²) in [4.78, 5) is 12.4. The number of carbonyl (C=O) groups excluding carboxylic acids is 1. The van der Waals surface area contributed by atoms with Gasteiger partial charge in [0.25, 0.3) is 0 Å². The molecule has 0 aromatic carbocycles. The van der Waals surface area contributed by atoms with Gasteiger partial charge in [-0.3, -0.25) is 4.79 Å². The molecule has 0 unspecified atom stereocenters. The van der Waals surface area contributed by atoms with Gasteiger partial charge in [0.2, 0.25) is 0 Å². The molecular formula is C17H32O2. The van der Waals surface area contributed by atoms with Gasteiger partial charge in [-0.15, -0.1) is 0 Å². The molecule has 0 amide bonds. The highest BCUT2D eigenvalue weighted by molar-refractivity contribution is 5.77. The molecule has 0 radical (unpaired) electrons. The fourth-order valence-corrected chi connectivity index (χ4v) is 2.27. The second-order valence-electron chi connectivity index (χ2n) is 6.98. The summed E-state index contributed by atoms with van der Waals surface area (Å²) >= 11 is 0. The van der Waals surface area contributed by atoms with E-state index in [9.17, 15) is 4.79 Å². The first-order valence-corrected chi connectivity index (χ1v) is 7.27. The van der Waals surface area contributed by atoms with Crippen LogP contribution in [0.2, 0.25) is 0 Å². The Hall–Kier alpha value is -0.790. The van der Waals surface area contributed by atoms with Gasteiger partial charge < -0.3 is 4.74 Å². The Labute approximate surface area is 119 Å². The maximum Gasteiger partial charge on any atom is 0.312 e. The average Bonchev–Trinajstić information content (AvgIpc) is 2.33. The molecule has 19 heavy (non-hydrogen) atoms. The number of allylic oxidation sites excluding steroid dienone is 2. The highest BCUT2D eigenvalue weighted by Gasteiger charge is 2.53. The normalized spacial score (nSPS) is 14.5. The number of ether oxygens (including phenoxy) is 1. The number of carbonyl (C=O) groups is 1. The van der Waals surface area contributed by atoms with Gasteiger partial charge in [-0.1, -0.05) is 46.3 Å². The summed E-state index contributed by atoms with van der Waals surface area (Å²) in [5.41, 5.74) is 0.488. The minimum absolute atomic E-state index is 0.0729. The second-order valence-corrected chi connectivity index (χ2v) is 6.98. The first-order chi connectivity index (χ1) is 8.46. The van der Waals surface area contributed by atoms with Crippen LogP contribution in [0.15, 0.2) is 11.6 Å². The summed E-state index contributed by atoms with van der Waals surface area (Å²) in [6.45, 7) is 19.4. The number of hydrogen-bond donors (Lipinski definition) is 0. The topological polar surface area (TPSA) is 26.3 Å². The first kappa shape index (κ1) is 18.2. The van der Waals surface area contributed by atoms with Gasteiger partial charge in [-0.05, 0) is 44.9 Å². The Morgan fingerprint density at radius 1 is 1.05 bits per heavy atom. The minimum atomic E-state index is -0.532. The van der Waals surface area contributed by atoms with Crippen LogP contribution >= 0.6 is 0 Å². The summed E-state index contributed by atoms with van der Waals surface area (Å²) in [5.74, 6) is -0.101. The van der Waals surface area contributed by atoms with Crippen molar-refractivity contribution in [1.29, 1.82) is 0 Å². The largest absolute Gasteiger partial charge is 0.465 e. The van der Waals surface area contributed by atoms with Crippen LogP contribution in [0, 0.1) is 16.2 Å². The number of rotatable bonds is 6. The quantitative estimate of drug-likeness (QED) is 0.501. The van der Waals surface area contributed by atoms with Crippen LogP contribution in [0.25, 0.3) is 0 Å². The van der Waals surface area contributed by atoms with Crippen molar-refractivity contribution < 1.29 is 9.53 Å². The zero-order valence-corrected chi connectivity index (χ0v) is 14.3. The fraction of sp³-hybridized carbons (Fsp3) is 0.824. The lowest BCUT2D eigenvalue weighted by atomic mass is 9.52. The molecule has 0 heterocycles. The van der Waals surface area contributed by atoms with Crippen molar-refractivity contribution in [3.8, 4) is 0 Å². The number of hydrogen-bond acceptors (Lipinski definition) is 2. The molecule has 0 aromatic rings. The van der Waals surface area contributed by atoms with Crippen LogP contribution in [0.1, 0.15) is 68.7 Å². The molecule has 0 fully saturated rings. The van der Waals surface area contributed by atoms with Crippen molar-refractivity contribution in [3.63, 3.8) is 0 Å². The molecule has 2 nitrogen and oxygen atoms in total. The highest BCUT2D eigenvalue weighted by Crippen LogP contribution is 2.55. The van der Waals surface area contributed by atoms with E-state index in [1.54, 1.807) is 0 Å². The molecule has 112 valence electrons. The third-order valence-corrected chi connectivity index (χ3v) is 5.49. The Balaban J connectivity index is 5.44. The van der Waals surface area contributed by atoms with Gasteiger partial charge in [0.1, 0.15) is 0 Å². The molecule has 0 atom stereocenters. The van der Waals surface area contributed by atoms with Gasteiger partial charge >= 0.3 is 5.97 Å². The Kier molecular flexibility index (Phi) is 5.85. The lowest BCUT2D eigenvalue weighted by Gasteiger charge is -2.51. The summed E-state index contributed by atoms with van der Waals surface area (Å²) in [7, 11) is 0. The summed E-state index contributed by atoms with van der Waals surface area (Å²) in [6.07, 6.45) is 2.99. The van der Waals surface area contributed by atoms with Crippen LogP contribution in [0.3, 0.4) is 0 Å². The zero-order valence-electron chi connectivity index (χ0n) is 14.3. The Morgan fingerprint density at radius 3 is 1.89 bits per heavy atom. The molecule has 0 N–H and O–H groups in total. The molecular weight excluding hydrogens is 236 g/mol. The maximum absolute atomic E-state index is 12.4. The van der Waals surface area contributed by atoms with E-state index < -0.39 is 5.41 Å². The van der Waals surface area contributed by atoms with Gasteiger partial charge in [-0.25, -0.2) is 0 Å². The smallest absolute Gasteiger partial charge is 0.312 e. The lowest BCUT2D eigenvalue weighted by molar-refractivity contribution is -0.166. The van der Waals surface area contributed by atoms with E-state index in [-0.39, 0.29) is 16.8 Å². The van der Waals surface area contributed by atoms with Gasteiger partial charge in [0.15, 0.2) is 0 Å². The molecule has 0 aliphatic rings. The summed E-state index contributed by atoms with van der Waals surface area (Å²) in [6, 6.07) is 0. The second kappa shape index (κ2) is 6.11. The zero-order chi connectivity index (χ0) is 15.5. The Bertz CT molecular complexity index is 346. The summed E-state index contributed by atoms with van der Waals surface area (Å²) < 4.78 is 5.39. The molecule has 0 rings (SSSR count). The average molecular weight is 268 g/mol. The molecule has 0 saturated carbocycles.